The Hall–Kier alpha value is -3.26. The third-order valence-electron chi connectivity index (χ3n) is 5.33. The van der Waals surface area contributed by atoms with E-state index in [0.29, 0.717) is 23.8 Å². The molecule has 8 heteroatoms. The highest BCUT2D eigenvalue weighted by Gasteiger charge is 2.27. The number of nitrogens with zero attached hydrogens (tertiary/aromatic N) is 3. The number of amides is 2. The summed E-state index contributed by atoms with van der Waals surface area (Å²) in [4.78, 5) is 26.8. The molecule has 4 rings (SSSR count). The maximum atomic E-state index is 12.5. The highest BCUT2D eigenvalue weighted by Crippen LogP contribution is 2.30. The number of rotatable bonds is 6. The standard InChI is InChI=1S/C23H24N4O3S/c1-16-7-5-6-10-19(16)24-21(29)23-26-25-22(31-23)17-11-13-27(14-12-17)20(28)15-30-18-8-3-2-4-9-18/h2-10,17H,11-15H2,1H3,(H,24,29). The zero-order valence-electron chi connectivity index (χ0n) is 17.3. The third-order valence-corrected chi connectivity index (χ3v) is 6.42. The molecule has 0 saturated carbocycles. The van der Waals surface area contributed by atoms with Crippen LogP contribution in [0.15, 0.2) is 54.6 Å². The molecule has 1 saturated heterocycles. The minimum atomic E-state index is -0.247. The van der Waals surface area contributed by atoms with Gasteiger partial charge in [-0.15, -0.1) is 10.2 Å². The van der Waals surface area contributed by atoms with Crippen molar-refractivity contribution in [2.75, 3.05) is 25.0 Å². The van der Waals surface area contributed by atoms with Crippen LogP contribution in [0, 0.1) is 6.92 Å². The van der Waals surface area contributed by atoms with E-state index in [1.165, 1.54) is 11.3 Å². The zero-order valence-corrected chi connectivity index (χ0v) is 18.1. The largest absolute Gasteiger partial charge is 0.484 e. The quantitative estimate of drug-likeness (QED) is 0.634. The summed E-state index contributed by atoms with van der Waals surface area (Å²) in [5.41, 5.74) is 1.77. The molecule has 31 heavy (non-hydrogen) atoms. The molecule has 7 nitrogen and oxygen atoms in total. The Morgan fingerprint density at radius 1 is 1.06 bits per heavy atom. The summed E-state index contributed by atoms with van der Waals surface area (Å²) in [5, 5.41) is 12.4. The topological polar surface area (TPSA) is 84.4 Å². The number of anilines is 1. The van der Waals surface area contributed by atoms with Crippen molar-refractivity contribution in [3.05, 3.63) is 70.2 Å². The maximum absolute atomic E-state index is 12.5. The number of aryl methyl sites for hydroxylation is 1. The van der Waals surface area contributed by atoms with Gasteiger partial charge in [-0.2, -0.15) is 0 Å². The zero-order chi connectivity index (χ0) is 21.6. The summed E-state index contributed by atoms with van der Waals surface area (Å²) in [5.74, 6) is 0.634. The van der Waals surface area contributed by atoms with Crippen LogP contribution < -0.4 is 10.1 Å². The highest BCUT2D eigenvalue weighted by molar-refractivity contribution is 7.13. The van der Waals surface area contributed by atoms with Crippen molar-refractivity contribution < 1.29 is 14.3 Å². The van der Waals surface area contributed by atoms with Gasteiger partial charge in [0.2, 0.25) is 5.01 Å². The summed E-state index contributed by atoms with van der Waals surface area (Å²) < 4.78 is 5.56. The number of likely N-dealkylation sites (tertiary alicyclic amines) is 1. The van der Waals surface area contributed by atoms with Crippen molar-refractivity contribution in [3.8, 4) is 5.75 Å². The van der Waals surface area contributed by atoms with Gasteiger partial charge in [0.05, 0.1) is 0 Å². The molecule has 1 aliphatic heterocycles. The first kappa shape index (κ1) is 21.0. The van der Waals surface area contributed by atoms with Gasteiger partial charge in [-0.3, -0.25) is 9.59 Å². The van der Waals surface area contributed by atoms with Crippen LogP contribution in [0.1, 0.15) is 39.1 Å². The lowest BCUT2D eigenvalue weighted by Gasteiger charge is -2.30. The van der Waals surface area contributed by atoms with E-state index < -0.39 is 0 Å². The lowest BCUT2D eigenvalue weighted by Crippen LogP contribution is -2.40. The van der Waals surface area contributed by atoms with Gasteiger partial charge in [-0.1, -0.05) is 47.7 Å². The summed E-state index contributed by atoms with van der Waals surface area (Å²) >= 11 is 1.33. The molecule has 0 bridgehead atoms. The van der Waals surface area contributed by atoms with E-state index in [2.05, 4.69) is 15.5 Å². The van der Waals surface area contributed by atoms with E-state index in [1.807, 2.05) is 66.4 Å². The van der Waals surface area contributed by atoms with Crippen LogP contribution in [0.4, 0.5) is 5.69 Å². The fourth-order valence-corrected chi connectivity index (χ4v) is 4.42. The van der Waals surface area contributed by atoms with Gasteiger partial charge in [-0.05, 0) is 43.5 Å². The number of nitrogens with one attached hydrogen (secondary N) is 1. The van der Waals surface area contributed by atoms with Crippen LogP contribution in [0.2, 0.25) is 0 Å². The Labute approximate surface area is 185 Å². The summed E-state index contributed by atoms with van der Waals surface area (Å²) in [6.07, 6.45) is 1.59. The normalized spacial score (nSPS) is 14.3. The molecule has 1 aromatic heterocycles. The molecule has 0 spiro atoms. The van der Waals surface area contributed by atoms with E-state index in [4.69, 9.17) is 4.74 Å². The van der Waals surface area contributed by atoms with Gasteiger partial charge in [0.15, 0.2) is 6.61 Å². The van der Waals surface area contributed by atoms with Crippen molar-refractivity contribution in [3.63, 3.8) is 0 Å². The molecule has 2 heterocycles. The van der Waals surface area contributed by atoms with Crippen molar-refractivity contribution in [2.24, 2.45) is 0 Å². The number of aromatic nitrogens is 2. The molecule has 1 N–H and O–H groups in total. The average molecular weight is 437 g/mol. The second-order valence-electron chi connectivity index (χ2n) is 7.47. The molecule has 2 aromatic carbocycles. The summed E-state index contributed by atoms with van der Waals surface area (Å²) in [6.45, 7) is 3.27. The molecule has 1 fully saturated rings. The minimum Gasteiger partial charge on any atom is -0.484 e. The van der Waals surface area contributed by atoms with E-state index >= 15 is 0 Å². The second-order valence-corrected chi connectivity index (χ2v) is 8.48. The average Bonchev–Trinajstić information content (AvgIpc) is 3.30. The smallest absolute Gasteiger partial charge is 0.286 e. The highest BCUT2D eigenvalue weighted by atomic mass is 32.1. The SMILES string of the molecule is Cc1ccccc1NC(=O)c1nnc(C2CCN(C(=O)COc3ccccc3)CC2)s1. The number of piperidine rings is 1. The number of carbonyl (C=O) groups excluding carboxylic acids is 2. The molecule has 3 aromatic rings. The van der Waals surface area contributed by atoms with Gasteiger partial charge >= 0.3 is 0 Å². The number of ether oxygens (including phenoxy) is 1. The number of para-hydroxylation sites is 2. The molecule has 0 unspecified atom stereocenters. The van der Waals surface area contributed by atoms with Crippen molar-refractivity contribution in [2.45, 2.75) is 25.7 Å². The second kappa shape index (κ2) is 9.70. The molecule has 1 aliphatic rings. The van der Waals surface area contributed by atoms with Crippen molar-refractivity contribution in [1.29, 1.82) is 0 Å². The van der Waals surface area contributed by atoms with E-state index in [0.717, 1.165) is 29.1 Å². The molecule has 160 valence electrons. The molecule has 0 aliphatic carbocycles. The van der Waals surface area contributed by atoms with Gasteiger partial charge in [0, 0.05) is 24.7 Å². The number of hydrogen-bond acceptors (Lipinski definition) is 6. The Kier molecular flexibility index (Phi) is 6.57. The lowest BCUT2D eigenvalue weighted by molar-refractivity contribution is -0.134. The Morgan fingerprint density at radius 3 is 2.52 bits per heavy atom. The Bertz CT molecular complexity index is 1050. The third kappa shape index (κ3) is 5.27. The van der Waals surface area contributed by atoms with Crippen molar-refractivity contribution in [1.82, 2.24) is 15.1 Å². The lowest BCUT2D eigenvalue weighted by atomic mass is 9.98. The van der Waals surface area contributed by atoms with Gasteiger partial charge in [0.25, 0.3) is 11.8 Å². The molecular formula is C23H24N4O3S. The number of hydrogen-bond donors (Lipinski definition) is 1. The van der Waals surface area contributed by atoms with Crippen LogP contribution >= 0.6 is 11.3 Å². The van der Waals surface area contributed by atoms with Crippen LogP contribution in [-0.4, -0.2) is 46.6 Å². The summed E-state index contributed by atoms with van der Waals surface area (Å²) in [6, 6.07) is 17.0. The Morgan fingerprint density at radius 2 is 1.77 bits per heavy atom. The van der Waals surface area contributed by atoms with E-state index in [-0.39, 0.29) is 24.3 Å². The van der Waals surface area contributed by atoms with Gasteiger partial charge in [0.1, 0.15) is 10.8 Å². The van der Waals surface area contributed by atoms with Crippen LogP contribution in [-0.2, 0) is 4.79 Å². The first-order chi connectivity index (χ1) is 15.1. The predicted octanol–water partition coefficient (Wildman–Crippen LogP) is 3.88. The summed E-state index contributed by atoms with van der Waals surface area (Å²) in [7, 11) is 0. The van der Waals surface area contributed by atoms with Crippen LogP contribution in [0.3, 0.4) is 0 Å². The molecule has 2 amide bonds. The van der Waals surface area contributed by atoms with E-state index in [9.17, 15) is 9.59 Å². The molecule has 0 radical (unpaired) electrons. The van der Waals surface area contributed by atoms with Gasteiger partial charge < -0.3 is 15.0 Å². The van der Waals surface area contributed by atoms with Crippen LogP contribution in [0.25, 0.3) is 0 Å². The minimum absolute atomic E-state index is 0.0159. The van der Waals surface area contributed by atoms with Crippen LogP contribution in [0.5, 0.6) is 5.75 Å². The van der Waals surface area contributed by atoms with E-state index in [1.54, 1.807) is 0 Å². The number of benzene rings is 2. The molecular weight excluding hydrogens is 412 g/mol. The first-order valence-electron chi connectivity index (χ1n) is 10.3. The number of carbonyl (C=O) groups is 2. The van der Waals surface area contributed by atoms with Gasteiger partial charge in [-0.25, -0.2) is 0 Å². The maximum Gasteiger partial charge on any atom is 0.286 e. The fraction of sp³-hybridized carbons (Fsp3) is 0.304. The van der Waals surface area contributed by atoms with Crippen molar-refractivity contribution >= 4 is 28.8 Å². The Balaban J connectivity index is 1.28. The first-order valence-corrected chi connectivity index (χ1v) is 11.1. The fourth-order valence-electron chi connectivity index (χ4n) is 3.51. The monoisotopic (exact) mass is 436 g/mol. The predicted molar refractivity (Wildman–Crippen MR) is 120 cm³/mol. The molecule has 0 atom stereocenters.